The van der Waals surface area contributed by atoms with Crippen molar-refractivity contribution in [1.82, 2.24) is 9.97 Å². The monoisotopic (exact) mass is 293 g/mol. The fraction of sp³-hybridized carbons (Fsp3) is 0.214. The number of rotatable bonds is 4. The number of ether oxygens (including phenoxy) is 1. The molecule has 0 aliphatic carbocycles. The zero-order valence-electron chi connectivity index (χ0n) is 11.4. The molecule has 0 saturated heterocycles. The number of hydrogen-bond donors (Lipinski definition) is 1. The quantitative estimate of drug-likeness (QED) is 0.941. The molecule has 0 aliphatic heterocycles. The lowest BCUT2D eigenvalue weighted by Crippen LogP contribution is -2.16. The number of halogens is 2. The van der Waals surface area contributed by atoms with Crippen LogP contribution in [0.1, 0.15) is 21.7 Å². The van der Waals surface area contributed by atoms with E-state index in [1.165, 1.54) is 24.5 Å². The second kappa shape index (κ2) is 6.25. The lowest BCUT2D eigenvalue weighted by Gasteiger charge is -2.09. The summed E-state index contributed by atoms with van der Waals surface area (Å²) in [5.74, 6) is -0.467. The molecule has 5 nitrogen and oxygen atoms in total. The van der Waals surface area contributed by atoms with Crippen LogP contribution in [-0.2, 0) is 0 Å². The predicted molar refractivity (Wildman–Crippen MR) is 72.5 cm³/mol. The SMILES string of the molecule is Cc1ncnc(C(=O)Nc2cccc(OC(F)F)c2)c1C. The molecular weight excluding hydrogens is 280 g/mol. The topological polar surface area (TPSA) is 64.1 Å². The van der Waals surface area contributed by atoms with Gasteiger partial charge in [0.1, 0.15) is 17.8 Å². The molecule has 1 N–H and O–H groups in total. The van der Waals surface area contributed by atoms with Crippen LogP contribution in [0.15, 0.2) is 30.6 Å². The minimum absolute atomic E-state index is 0.0293. The lowest BCUT2D eigenvalue weighted by molar-refractivity contribution is -0.0497. The van der Waals surface area contributed by atoms with Crippen molar-refractivity contribution in [1.29, 1.82) is 0 Å². The van der Waals surface area contributed by atoms with Crippen molar-refractivity contribution in [3.05, 3.63) is 47.5 Å². The minimum Gasteiger partial charge on any atom is -0.435 e. The van der Waals surface area contributed by atoms with Gasteiger partial charge in [-0.2, -0.15) is 8.78 Å². The molecular formula is C14H13F2N3O2. The largest absolute Gasteiger partial charge is 0.435 e. The van der Waals surface area contributed by atoms with Gasteiger partial charge in [0, 0.05) is 23.0 Å². The highest BCUT2D eigenvalue weighted by Gasteiger charge is 2.13. The van der Waals surface area contributed by atoms with E-state index in [-0.39, 0.29) is 11.4 Å². The number of carbonyl (C=O) groups is 1. The van der Waals surface area contributed by atoms with Crippen LogP contribution in [0, 0.1) is 13.8 Å². The van der Waals surface area contributed by atoms with Crippen molar-refractivity contribution in [3.8, 4) is 5.75 Å². The van der Waals surface area contributed by atoms with Gasteiger partial charge in [0.25, 0.3) is 5.91 Å². The van der Waals surface area contributed by atoms with E-state index in [0.29, 0.717) is 16.9 Å². The van der Waals surface area contributed by atoms with Gasteiger partial charge in [0.15, 0.2) is 0 Å². The van der Waals surface area contributed by atoms with Crippen LogP contribution in [-0.4, -0.2) is 22.5 Å². The maximum atomic E-state index is 12.2. The number of amides is 1. The van der Waals surface area contributed by atoms with Gasteiger partial charge in [-0.1, -0.05) is 6.07 Å². The van der Waals surface area contributed by atoms with Crippen molar-refractivity contribution in [2.45, 2.75) is 20.5 Å². The molecule has 1 amide bonds. The molecule has 0 radical (unpaired) electrons. The van der Waals surface area contributed by atoms with E-state index in [9.17, 15) is 13.6 Å². The molecule has 0 spiro atoms. The molecule has 0 bridgehead atoms. The average Bonchev–Trinajstić information content (AvgIpc) is 2.41. The molecule has 0 aliphatic rings. The van der Waals surface area contributed by atoms with Crippen LogP contribution in [0.25, 0.3) is 0 Å². The summed E-state index contributed by atoms with van der Waals surface area (Å²) in [4.78, 5) is 20.0. The summed E-state index contributed by atoms with van der Waals surface area (Å²) in [7, 11) is 0. The average molecular weight is 293 g/mol. The standard InChI is InChI=1S/C14H13F2N3O2/c1-8-9(2)17-7-18-12(8)13(20)19-10-4-3-5-11(6-10)21-14(15)16/h3-7,14H,1-2H3,(H,19,20). The van der Waals surface area contributed by atoms with Crippen molar-refractivity contribution >= 4 is 11.6 Å². The number of nitrogens with zero attached hydrogens (tertiary/aromatic N) is 2. The highest BCUT2D eigenvalue weighted by atomic mass is 19.3. The number of aromatic nitrogens is 2. The third kappa shape index (κ3) is 3.71. The smallest absolute Gasteiger partial charge is 0.387 e. The van der Waals surface area contributed by atoms with Crippen LogP contribution in [0.2, 0.25) is 0 Å². The number of alkyl halides is 2. The number of hydrogen-bond acceptors (Lipinski definition) is 4. The molecule has 7 heteroatoms. The van der Waals surface area contributed by atoms with E-state index in [2.05, 4.69) is 20.0 Å². The Labute approximate surface area is 120 Å². The Morgan fingerprint density at radius 2 is 2.05 bits per heavy atom. The maximum absolute atomic E-state index is 12.2. The van der Waals surface area contributed by atoms with Gasteiger partial charge in [0.2, 0.25) is 0 Å². The summed E-state index contributed by atoms with van der Waals surface area (Å²) >= 11 is 0. The number of benzene rings is 1. The molecule has 0 atom stereocenters. The normalized spacial score (nSPS) is 10.5. The minimum atomic E-state index is -2.91. The second-order valence-corrected chi connectivity index (χ2v) is 4.29. The van der Waals surface area contributed by atoms with E-state index >= 15 is 0 Å². The molecule has 21 heavy (non-hydrogen) atoms. The molecule has 2 aromatic rings. The molecule has 1 heterocycles. The molecule has 1 aromatic heterocycles. The number of carbonyl (C=O) groups excluding carboxylic acids is 1. The van der Waals surface area contributed by atoms with Crippen LogP contribution >= 0.6 is 0 Å². The summed E-state index contributed by atoms with van der Waals surface area (Å²) in [6.07, 6.45) is 1.30. The van der Waals surface area contributed by atoms with Crippen molar-refractivity contribution in [2.24, 2.45) is 0 Å². The maximum Gasteiger partial charge on any atom is 0.387 e. The summed E-state index contributed by atoms with van der Waals surface area (Å²) in [5, 5.41) is 2.59. The van der Waals surface area contributed by atoms with E-state index < -0.39 is 12.5 Å². The highest BCUT2D eigenvalue weighted by Crippen LogP contribution is 2.20. The van der Waals surface area contributed by atoms with Crippen molar-refractivity contribution < 1.29 is 18.3 Å². The van der Waals surface area contributed by atoms with Gasteiger partial charge in [0.05, 0.1) is 0 Å². The third-order valence-electron chi connectivity index (χ3n) is 2.87. The molecule has 0 fully saturated rings. The number of anilines is 1. The number of aryl methyl sites for hydroxylation is 1. The first-order valence-corrected chi connectivity index (χ1v) is 6.12. The molecule has 2 rings (SSSR count). The fourth-order valence-corrected chi connectivity index (χ4v) is 1.71. The van der Waals surface area contributed by atoms with Crippen LogP contribution in [0.3, 0.4) is 0 Å². The predicted octanol–water partition coefficient (Wildman–Crippen LogP) is 2.95. The fourth-order valence-electron chi connectivity index (χ4n) is 1.71. The summed E-state index contributed by atoms with van der Waals surface area (Å²) in [5.41, 5.74) is 1.94. The first kappa shape index (κ1) is 14.8. The Bertz CT molecular complexity index is 662. The van der Waals surface area contributed by atoms with E-state index in [1.54, 1.807) is 19.9 Å². The van der Waals surface area contributed by atoms with Crippen LogP contribution in [0.4, 0.5) is 14.5 Å². The Hall–Kier alpha value is -2.57. The van der Waals surface area contributed by atoms with E-state index in [0.717, 1.165) is 0 Å². The van der Waals surface area contributed by atoms with Gasteiger partial charge >= 0.3 is 6.61 Å². The third-order valence-corrected chi connectivity index (χ3v) is 2.87. The second-order valence-electron chi connectivity index (χ2n) is 4.29. The van der Waals surface area contributed by atoms with Crippen molar-refractivity contribution in [3.63, 3.8) is 0 Å². The van der Waals surface area contributed by atoms with Gasteiger partial charge in [-0.25, -0.2) is 9.97 Å². The Morgan fingerprint density at radius 3 is 2.76 bits per heavy atom. The van der Waals surface area contributed by atoms with Gasteiger partial charge < -0.3 is 10.1 Å². The molecule has 110 valence electrons. The Kier molecular flexibility index (Phi) is 4.42. The van der Waals surface area contributed by atoms with Crippen LogP contribution < -0.4 is 10.1 Å². The van der Waals surface area contributed by atoms with E-state index in [1.807, 2.05) is 0 Å². The zero-order valence-corrected chi connectivity index (χ0v) is 11.4. The Balaban J connectivity index is 2.18. The Morgan fingerprint density at radius 1 is 1.29 bits per heavy atom. The molecule has 0 unspecified atom stereocenters. The number of nitrogens with one attached hydrogen (secondary N) is 1. The van der Waals surface area contributed by atoms with Gasteiger partial charge in [-0.05, 0) is 26.0 Å². The van der Waals surface area contributed by atoms with Gasteiger partial charge in [-0.3, -0.25) is 4.79 Å². The molecule has 0 saturated carbocycles. The lowest BCUT2D eigenvalue weighted by atomic mass is 10.2. The van der Waals surface area contributed by atoms with Gasteiger partial charge in [-0.15, -0.1) is 0 Å². The zero-order chi connectivity index (χ0) is 15.4. The van der Waals surface area contributed by atoms with Crippen molar-refractivity contribution in [2.75, 3.05) is 5.32 Å². The summed E-state index contributed by atoms with van der Waals surface area (Å²) < 4.78 is 28.6. The van der Waals surface area contributed by atoms with Crippen LogP contribution in [0.5, 0.6) is 5.75 Å². The summed E-state index contributed by atoms with van der Waals surface area (Å²) in [6, 6.07) is 5.76. The van der Waals surface area contributed by atoms with E-state index in [4.69, 9.17) is 0 Å². The first-order valence-electron chi connectivity index (χ1n) is 6.12. The first-order chi connectivity index (χ1) is 9.97. The summed E-state index contributed by atoms with van der Waals surface area (Å²) in [6.45, 7) is 0.591. The molecule has 1 aromatic carbocycles. The highest BCUT2D eigenvalue weighted by molar-refractivity contribution is 6.03.